The Morgan fingerprint density at radius 3 is 2.89 bits per heavy atom. The number of hydrogen-bond acceptors (Lipinski definition) is 3. The third-order valence-corrected chi connectivity index (χ3v) is 1.66. The Kier molecular flexibility index (Phi) is 2.57. The van der Waals surface area contributed by atoms with E-state index >= 15 is 0 Å². The van der Waals surface area contributed by atoms with Crippen molar-refractivity contribution in [2.75, 3.05) is 13.2 Å². The van der Waals surface area contributed by atoms with Crippen LogP contribution in [0.1, 0.15) is 6.92 Å². The Morgan fingerprint density at radius 2 is 2.44 bits per heavy atom. The van der Waals surface area contributed by atoms with Gasteiger partial charge >= 0.3 is 0 Å². The number of morpholine rings is 1. The van der Waals surface area contributed by atoms with Crippen molar-refractivity contribution in [2.45, 2.75) is 19.0 Å². The molecule has 2 atom stereocenters. The second kappa shape index (κ2) is 3.25. The molecule has 0 radical (unpaired) electrons. The van der Waals surface area contributed by atoms with Crippen molar-refractivity contribution in [3.63, 3.8) is 0 Å². The van der Waals surface area contributed by atoms with E-state index in [1.165, 1.54) is 0 Å². The molecule has 0 bridgehead atoms. The van der Waals surface area contributed by atoms with Gasteiger partial charge in [0.25, 0.3) is 0 Å². The van der Waals surface area contributed by atoms with Crippen molar-refractivity contribution in [3.8, 4) is 0 Å². The summed E-state index contributed by atoms with van der Waals surface area (Å²) in [6, 6.07) is 0.728. The summed E-state index contributed by atoms with van der Waals surface area (Å²) >= 11 is 4.76. The molecule has 3 heteroatoms. The summed E-state index contributed by atoms with van der Waals surface area (Å²) in [6.07, 6.45) is 0. The number of ether oxygens (including phenoxy) is 1. The van der Waals surface area contributed by atoms with Gasteiger partial charge in [0.2, 0.25) is 0 Å². The van der Waals surface area contributed by atoms with Crippen LogP contribution in [0.3, 0.4) is 0 Å². The summed E-state index contributed by atoms with van der Waals surface area (Å²) < 4.78 is 5.22. The zero-order valence-electron chi connectivity index (χ0n) is 5.46. The zero-order chi connectivity index (χ0) is 6.69. The van der Waals surface area contributed by atoms with Crippen molar-refractivity contribution >= 4 is 17.6 Å². The van der Waals surface area contributed by atoms with Gasteiger partial charge in [-0.05, 0) is 12.3 Å². The van der Waals surface area contributed by atoms with Crippen molar-refractivity contribution < 1.29 is 4.74 Å². The van der Waals surface area contributed by atoms with Crippen LogP contribution in [-0.2, 0) is 4.74 Å². The highest BCUT2D eigenvalue weighted by Crippen LogP contribution is 1.96. The van der Waals surface area contributed by atoms with Crippen LogP contribution in [0.15, 0.2) is 0 Å². The van der Waals surface area contributed by atoms with Crippen molar-refractivity contribution in [1.29, 1.82) is 0 Å². The van der Waals surface area contributed by atoms with Gasteiger partial charge in [0.05, 0.1) is 19.3 Å². The maximum atomic E-state index is 5.22. The van der Waals surface area contributed by atoms with E-state index in [-0.39, 0.29) is 6.04 Å². The fraction of sp³-hybridized carbons (Fsp3) is 0.833. The van der Waals surface area contributed by atoms with Gasteiger partial charge < -0.3 is 10.1 Å². The van der Waals surface area contributed by atoms with Crippen LogP contribution in [0.2, 0.25) is 0 Å². The predicted octanol–water partition coefficient (Wildman–Crippen LogP) is 0.363. The van der Waals surface area contributed by atoms with Gasteiger partial charge in [0, 0.05) is 6.04 Å². The molecule has 0 aliphatic carbocycles. The Hall–Kier alpha value is 0.01000. The Balaban J connectivity index is 2.31. The van der Waals surface area contributed by atoms with Crippen LogP contribution in [0.25, 0.3) is 0 Å². The molecule has 0 saturated carbocycles. The van der Waals surface area contributed by atoms with Gasteiger partial charge in [0.15, 0.2) is 0 Å². The van der Waals surface area contributed by atoms with Crippen molar-refractivity contribution in [2.24, 2.45) is 0 Å². The first-order valence-electron chi connectivity index (χ1n) is 3.12. The van der Waals surface area contributed by atoms with Gasteiger partial charge in [-0.3, -0.25) is 0 Å². The molecule has 2 unspecified atom stereocenters. The Bertz CT molecular complexity index is 107. The summed E-state index contributed by atoms with van der Waals surface area (Å²) in [5.41, 5.74) is 0. The van der Waals surface area contributed by atoms with Gasteiger partial charge in [-0.1, -0.05) is 12.2 Å². The summed E-state index contributed by atoms with van der Waals surface area (Å²) in [4.78, 5) is 0. The van der Waals surface area contributed by atoms with E-state index < -0.39 is 0 Å². The average Bonchev–Trinajstić information content (AvgIpc) is 1.88. The van der Waals surface area contributed by atoms with E-state index in [1.807, 2.05) is 0 Å². The number of rotatable bonds is 1. The van der Waals surface area contributed by atoms with E-state index in [0.717, 1.165) is 13.2 Å². The molecule has 0 aromatic rings. The van der Waals surface area contributed by atoms with Crippen LogP contribution < -0.4 is 5.32 Å². The minimum absolute atomic E-state index is 0.281. The van der Waals surface area contributed by atoms with Gasteiger partial charge in [-0.15, -0.1) is 0 Å². The van der Waals surface area contributed by atoms with Gasteiger partial charge in [-0.25, -0.2) is 0 Å². The fourth-order valence-corrected chi connectivity index (χ4v) is 1.07. The average molecular weight is 145 g/mol. The van der Waals surface area contributed by atoms with Crippen LogP contribution >= 0.6 is 12.2 Å². The molecule has 52 valence electrons. The van der Waals surface area contributed by atoms with Crippen LogP contribution in [0, 0.1) is 0 Å². The molecule has 1 N–H and O–H groups in total. The lowest BCUT2D eigenvalue weighted by Crippen LogP contribution is -2.47. The lowest BCUT2D eigenvalue weighted by molar-refractivity contribution is 0.0698. The molecule has 0 aromatic heterocycles. The van der Waals surface area contributed by atoms with E-state index in [1.54, 1.807) is 5.37 Å². The van der Waals surface area contributed by atoms with E-state index in [9.17, 15) is 0 Å². The first-order valence-corrected chi connectivity index (χ1v) is 3.59. The summed E-state index contributed by atoms with van der Waals surface area (Å²) in [7, 11) is 0. The molecule has 0 aromatic carbocycles. The molecule has 0 amide bonds. The topological polar surface area (TPSA) is 21.3 Å². The normalized spacial score (nSPS) is 36.1. The van der Waals surface area contributed by atoms with Gasteiger partial charge in [0.1, 0.15) is 0 Å². The van der Waals surface area contributed by atoms with E-state index in [0.29, 0.717) is 6.04 Å². The maximum absolute atomic E-state index is 5.22. The number of hydrogen-bond donors (Lipinski definition) is 1. The number of nitrogens with one attached hydrogen (secondary N) is 1. The van der Waals surface area contributed by atoms with Gasteiger partial charge in [-0.2, -0.15) is 0 Å². The molecule has 2 nitrogen and oxygen atoms in total. The first kappa shape index (κ1) is 7.12. The minimum atomic E-state index is 0.281. The highest BCUT2D eigenvalue weighted by molar-refractivity contribution is 7.79. The molecule has 1 aliphatic heterocycles. The van der Waals surface area contributed by atoms with Crippen LogP contribution in [0.4, 0.5) is 0 Å². The Labute approximate surface area is 60.6 Å². The Morgan fingerprint density at radius 1 is 1.67 bits per heavy atom. The SMILES string of the molecule is CC1COCC(C=S)N1. The zero-order valence-corrected chi connectivity index (χ0v) is 6.28. The molecule has 1 saturated heterocycles. The quantitative estimate of drug-likeness (QED) is 0.538. The molecule has 1 rings (SSSR count). The predicted molar refractivity (Wildman–Crippen MR) is 40.9 cm³/mol. The monoisotopic (exact) mass is 145 g/mol. The smallest absolute Gasteiger partial charge is 0.0664 e. The minimum Gasteiger partial charge on any atom is -0.378 e. The highest BCUT2D eigenvalue weighted by atomic mass is 32.1. The van der Waals surface area contributed by atoms with Crippen LogP contribution in [0.5, 0.6) is 0 Å². The lowest BCUT2D eigenvalue weighted by atomic mass is 10.2. The maximum Gasteiger partial charge on any atom is 0.0664 e. The first-order chi connectivity index (χ1) is 4.33. The van der Waals surface area contributed by atoms with Crippen molar-refractivity contribution in [1.82, 2.24) is 5.32 Å². The van der Waals surface area contributed by atoms with Crippen LogP contribution in [-0.4, -0.2) is 30.7 Å². The molecule has 1 aliphatic rings. The lowest BCUT2D eigenvalue weighted by Gasteiger charge is -2.25. The largest absolute Gasteiger partial charge is 0.378 e. The summed E-state index contributed by atoms with van der Waals surface area (Å²) in [5, 5.41) is 5.00. The molecule has 1 fully saturated rings. The van der Waals surface area contributed by atoms with E-state index in [2.05, 4.69) is 12.2 Å². The molecular weight excluding hydrogens is 134 g/mol. The molecule has 1 heterocycles. The third kappa shape index (κ3) is 2.01. The number of thiocarbonyl (C=S) groups is 1. The second-order valence-corrected chi connectivity index (χ2v) is 2.62. The standard InChI is InChI=1S/C6H11NOS/c1-5-2-8-3-6(4-9)7-5/h4-7H,2-3H2,1H3. The third-order valence-electron chi connectivity index (χ3n) is 1.33. The highest BCUT2D eigenvalue weighted by Gasteiger charge is 2.14. The molecular formula is C6H11NOS. The summed E-state index contributed by atoms with van der Waals surface area (Å²) in [5.74, 6) is 0. The molecule has 9 heavy (non-hydrogen) atoms. The molecule has 0 spiro atoms. The fourth-order valence-electron chi connectivity index (χ4n) is 0.912. The second-order valence-electron chi connectivity index (χ2n) is 2.35. The van der Waals surface area contributed by atoms with E-state index in [4.69, 9.17) is 17.0 Å². The van der Waals surface area contributed by atoms with Crippen molar-refractivity contribution in [3.05, 3.63) is 0 Å². The summed E-state index contributed by atoms with van der Waals surface area (Å²) in [6.45, 7) is 3.62.